The second-order valence-corrected chi connectivity index (χ2v) is 6.71. The van der Waals surface area contributed by atoms with Gasteiger partial charge in [0.05, 0.1) is 46.4 Å². The molecule has 0 aliphatic carbocycles. The third kappa shape index (κ3) is 4.98. The van der Waals surface area contributed by atoms with Gasteiger partial charge in [0.2, 0.25) is 5.75 Å². The average Bonchev–Trinajstić information content (AvgIpc) is 3.18. The minimum atomic E-state index is -0.813. The topological polar surface area (TPSA) is 133 Å². The molecule has 10 nitrogen and oxygen atoms in total. The van der Waals surface area contributed by atoms with E-state index >= 15 is 0 Å². The molecule has 1 amide bonds. The Hall–Kier alpha value is -4.05. The fourth-order valence-electron chi connectivity index (χ4n) is 3.06. The normalized spacial score (nSPS) is 11.9. The lowest BCUT2D eigenvalue weighted by atomic mass is 10.1. The van der Waals surface area contributed by atoms with Gasteiger partial charge < -0.3 is 25.1 Å². The van der Waals surface area contributed by atoms with Crippen LogP contribution < -0.4 is 25.4 Å². The molecule has 0 fully saturated rings. The van der Waals surface area contributed by atoms with Gasteiger partial charge in [0.15, 0.2) is 11.5 Å². The van der Waals surface area contributed by atoms with E-state index in [0.29, 0.717) is 22.8 Å². The van der Waals surface area contributed by atoms with Gasteiger partial charge >= 0.3 is 0 Å². The molecule has 1 aromatic heterocycles. The van der Waals surface area contributed by atoms with Crippen LogP contribution in [0.15, 0.2) is 53.8 Å². The maximum atomic E-state index is 12.5. The molecule has 1 heterocycles. The van der Waals surface area contributed by atoms with E-state index in [1.165, 1.54) is 38.4 Å². The predicted octanol–water partition coefficient (Wildman–Crippen LogP) is 1.99. The number of anilines is 1. The number of aliphatic hydroxyl groups excluding tert-OH is 1. The van der Waals surface area contributed by atoms with E-state index in [1.807, 2.05) is 18.2 Å². The molecule has 32 heavy (non-hydrogen) atoms. The van der Waals surface area contributed by atoms with Crippen LogP contribution in [-0.4, -0.2) is 48.3 Å². The number of amides is 1. The number of nitrogens with zero attached hydrogens (tertiary/aromatic N) is 3. The molecule has 0 aliphatic heterocycles. The first-order valence-corrected chi connectivity index (χ1v) is 9.66. The van der Waals surface area contributed by atoms with Gasteiger partial charge in [-0.25, -0.2) is 10.1 Å². The van der Waals surface area contributed by atoms with E-state index in [1.54, 1.807) is 24.3 Å². The van der Waals surface area contributed by atoms with Crippen molar-refractivity contribution >= 4 is 17.9 Å². The van der Waals surface area contributed by atoms with E-state index in [2.05, 4.69) is 15.6 Å². The largest absolute Gasteiger partial charge is 0.493 e. The smallest absolute Gasteiger partial charge is 0.276 e. The highest BCUT2D eigenvalue weighted by atomic mass is 16.5. The lowest BCUT2D eigenvalue weighted by molar-refractivity contribution is 0.0955. The van der Waals surface area contributed by atoms with Gasteiger partial charge in [-0.05, 0) is 17.7 Å². The average molecular weight is 439 g/mol. The Kier molecular flexibility index (Phi) is 7.29. The lowest BCUT2D eigenvalue weighted by Gasteiger charge is -2.12. The van der Waals surface area contributed by atoms with Gasteiger partial charge in [0.1, 0.15) is 11.4 Å². The van der Waals surface area contributed by atoms with Crippen molar-refractivity contribution in [1.82, 2.24) is 15.2 Å². The highest BCUT2D eigenvalue weighted by Gasteiger charge is 2.18. The Bertz CT molecular complexity index is 1070. The number of ether oxygens (including phenoxy) is 3. The molecule has 0 saturated heterocycles. The van der Waals surface area contributed by atoms with Gasteiger partial charge in [-0.1, -0.05) is 30.3 Å². The van der Waals surface area contributed by atoms with Crippen molar-refractivity contribution in [3.8, 4) is 17.2 Å². The number of aromatic nitrogens is 2. The molecule has 10 heteroatoms. The van der Waals surface area contributed by atoms with E-state index in [-0.39, 0.29) is 17.9 Å². The van der Waals surface area contributed by atoms with Crippen molar-refractivity contribution in [3.63, 3.8) is 0 Å². The molecule has 1 atom stereocenters. The number of carbonyl (C=O) groups excluding carboxylic acids is 1. The molecule has 0 aliphatic rings. The van der Waals surface area contributed by atoms with Crippen molar-refractivity contribution in [2.24, 2.45) is 5.10 Å². The summed E-state index contributed by atoms with van der Waals surface area (Å²) in [6, 6.07) is 12.5. The van der Waals surface area contributed by atoms with Gasteiger partial charge in [0, 0.05) is 5.56 Å². The molecular weight excluding hydrogens is 414 g/mol. The Balaban J connectivity index is 1.69. The van der Waals surface area contributed by atoms with E-state index in [4.69, 9.17) is 19.9 Å². The maximum absolute atomic E-state index is 12.5. The van der Waals surface area contributed by atoms with Crippen LogP contribution in [0.1, 0.15) is 27.6 Å². The number of rotatable bonds is 9. The van der Waals surface area contributed by atoms with Gasteiger partial charge in [-0.3, -0.25) is 4.79 Å². The summed E-state index contributed by atoms with van der Waals surface area (Å²) in [6.45, 7) is 0.109. The van der Waals surface area contributed by atoms with Crippen LogP contribution in [0.5, 0.6) is 17.2 Å². The highest BCUT2D eigenvalue weighted by Crippen LogP contribution is 2.37. The molecule has 2 aromatic carbocycles. The van der Waals surface area contributed by atoms with Crippen LogP contribution in [0.3, 0.4) is 0 Å². The third-order valence-electron chi connectivity index (χ3n) is 4.72. The van der Waals surface area contributed by atoms with Crippen molar-refractivity contribution in [2.75, 3.05) is 27.1 Å². The number of hydrazone groups is 1. The number of benzene rings is 2. The Morgan fingerprint density at radius 1 is 1.19 bits per heavy atom. The fraction of sp³-hybridized carbons (Fsp3) is 0.227. The summed E-state index contributed by atoms with van der Waals surface area (Å²) < 4.78 is 17.2. The molecule has 4 N–H and O–H groups in total. The fourth-order valence-corrected chi connectivity index (χ4v) is 3.06. The summed E-state index contributed by atoms with van der Waals surface area (Å²) in [6.07, 6.45) is 1.95. The summed E-state index contributed by atoms with van der Waals surface area (Å²) >= 11 is 0. The Labute approximate surface area is 185 Å². The number of hydrogen-bond acceptors (Lipinski definition) is 8. The standard InChI is InChI=1S/C22H25N5O5/c1-30-18-9-14(10-19(31-2)20(18)32-3)11-24-26-22(29)16-12-25-27(21(16)23)13-17(28)15-7-5-4-6-8-15/h4-12,17,28H,13,23H2,1-3H3,(H,26,29)/b24-11-. The van der Waals surface area contributed by atoms with Crippen LogP contribution in [0.4, 0.5) is 5.82 Å². The first kappa shape index (κ1) is 22.6. The zero-order chi connectivity index (χ0) is 23.1. The van der Waals surface area contributed by atoms with Crippen LogP contribution >= 0.6 is 0 Å². The summed E-state index contributed by atoms with van der Waals surface area (Å²) in [5.41, 5.74) is 9.95. The highest BCUT2D eigenvalue weighted by molar-refractivity contribution is 5.98. The van der Waals surface area contributed by atoms with Crippen molar-refractivity contribution < 1.29 is 24.1 Å². The van der Waals surface area contributed by atoms with Crippen LogP contribution in [0, 0.1) is 0 Å². The molecule has 0 bridgehead atoms. The molecule has 3 rings (SSSR count). The monoisotopic (exact) mass is 439 g/mol. The first-order chi connectivity index (χ1) is 15.5. The predicted molar refractivity (Wildman–Crippen MR) is 119 cm³/mol. The molecule has 1 unspecified atom stereocenters. The minimum Gasteiger partial charge on any atom is -0.493 e. The van der Waals surface area contributed by atoms with E-state index < -0.39 is 12.0 Å². The SMILES string of the molecule is COc1cc(/C=N\NC(=O)c2cnn(CC(O)c3ccccc3)c2N)cc(OC)c1OC. The minimum absolute atomic E-state index is 0.109. The summed E-state index contributed by atoms with van der Waals surface area (Å²) in [5, 5.41) is 18.4. The third-order valence-corrected chi connectivity index (χ3v) is 4.72. The van der Waals surface area contributed by atoms with Gasteiger partial charge in [-0.2, -0.15) is 10.2 Å². The zero-order valence-electron chi connectivity index (χ0n) is 18.0. The van der Waals surface area contributed by atoms with E-state index in [9.17, 15) is 9.90 Å². The molecule has 168 valence electrons. The number of methoxy groups -OCH3 is 3. The summed E-state index contributed by atoms with van der Waals surface area (Å²) in [4.78, 5) is 12.5. The number of nitrogens with two attached hydrogens (primary N) is 1. The van der Waals surface area contributed by atoms with Crippen molar-refractivity contribution in [1.29, 1.82) is 0 Å². The Morgan fingerprint density at radius 2 is 1.84 bits per heavy atom. The lowest BCUT2D eigenvalue weighted by Crippen LogP contribution is -2.19. The van der Waals surface area contributed by atoms with Crippen molar-refractivity contribution in [3.05, 3.63) is 65.4 Å². The zero-order valence-corrected chi connectivity index (χ0v) is 18.0. The molecule has 3 aromatic rings. The molecule has 0 radical (unpaired) electrons. The van der Waals surface area contributed by atoms with Crippen LogP contribution in [-0.2, 0) is 6.54 Å². The van der Waals surface area contributed by atoms with Gasteiger partial charge in [0.25, 0.3) is 5.91 Å². The quantitative estimate of drug-likeness (QED) is 0.343. The number of nitrogen functional groups attached to an aromatic ring is 1. The first-order valence-electron chi connectivity index (χ1n) is 9.66. The summed E-state index contributed by atoms with van der Waals surface area (Å²) in [7, 11) is 4.53. The van der Waals surface area contributed by atoms with E-state index in [0.717, 1.165) is 5.56 Å². The second kappa shape index (κ2) is 10.3. The van der Waals surface area contributed by atoms with Gasteiger partial charge in [-0.15, -0.1) is 0 Å². The number of carbonyl (C=O) groups is 1. The molecular formula is C22H25N5O5. The maximum Gasteiger partial charge on any atom is 0.276 e. The number of hydrogen-bond donors (Lipinski definition) is 3. The second-order valence-electron chi connectivity index (χ2n) is 6.71. The Morgan fingerprint density at radius 3 is 2.44 bits per heavy atom. The van der Waals surface area contributed by atoms with Crippen molar-refractivity contribution in [2.45, 2.75) is 12.6 Å². The van der Waals surface area contributed by atoms with Crippen LogP contribution in [0.25, 0.3) is 0 Å². The molecule has 0 saturated carbocycles. The molecule has 0 spiro atoms. The summed E-state index contributed by atoms with van der Waals surface area (Å²) in [5.74, 6) is 0.963. The number of aliphatic hydroxyl groups is 1. The number of nitrogens with one attached hydrogen (secondary N) is 1. The van der Waals surface area contributed by atoms with Crippen LogP contribution in [0.2, 0.25) is 0 Å².